The molecule has 0 saturated carbocycles. The number of carbonyl (C=O) groups is 1. The van der Waals surface area contributed by atoms with Crippen LogP contribution < -0.4 is 10.1 Å². The summed E-state index contributed by atoms with van der Waals surface area (Å²) in [4.78, 5) is 12.7. The summed E-state index contributed by atoms with van der Waals surface area (Å²) in [6, 6.07) is 19.9. The standard InChI is InChI=1S/C24H17BrCl2N2O2/c1-15-20(26)7-4-8-22(15)29-24(30)18(13-28)11-17-12-19(25)9-10-23(17)31-14-16-5-2-3-6-21(16)27/h2-12H,14H2,1H3,(H,29,30)/b18-11-. The van der Waals surface area contributed by atoms with Crippen molar-refractivity contribution in [2.24, 2.45) is 0 Å². The van der Waals surface area contributed by atoms with Crippen LogP contribution in [0.5, 0.6) is 5.75 Å². The smallest absolute Gasteiger partial charge is 0.266 e. The molecule has 1 amide bonds. The monoisotopic (exact) mass is 514 g/mol. The molecule has 0 aromatic heterocycles. The molecule has 0 aliphatic rings. The summed E-state index contributed by atoms with van der Waals surface area (Å²) in [6.45, 7) is 2.04. The maximum absolute atomic E-state index is 12.7. The molecular weight excluding hydrogens is 499 g/mol. The Kier molecular flexibility index (Phi) is 7.75. The largest absolute Gasteiger partial charge is 0.488 e. The highest BCUT2D eigenvalue weighted by Crippen LogP contribution is 2.28. The van der Waals surface area contributed by atoms with Gasteiger partial charge in [0.25, 0.3) is 5.91 Å². The Morgan fingerprint density at radius 2 is 1.87 bits per heavy atom. The summed E-state index contributed by atoms with van der Waals surface area (Å²) in [7, 11) is 0. The van der Waals surface area contributed by atoms with Crippen LogP contribution in [0.3, 0.4) is 0 Å². The zero-order valence-corrected chi connectivity index (χ0v) is 19.6. The van der Waals surface area contributed by atoms with E-state index < -0.39 is 5.91 Å². The molecule has 0 heterocycles. The molecule has 3 aromatic rings. The van der Waals surface area contributed by atoms with Crippen LogP contribution in [0.25, 0.3) is 6.08 Å². The highest BCUT2D eigenvalue weighted by Gasteiger charge is 2.14. The van der Waals surface area contributed by atoms with Crippen molar-refractivity contribution >= 4 is 56.8 Å². The average Bonchev–Trinajstić information content (AvgIpc) is 2.75. The molecule has 0 saturated heterocycles. The van der Waals surface area contributed by atoms with E-state index in [1.165, 1.54) is 6.08 Å². The molecule has 0 atom stereocenters. The predicted molar refractivity (Wildman–Crippen MR) is 128 cm³/mol. The Hall–Kier alpha value is -2.78. The Bertz CT molecular complexity index is 1200. The van der Waals surface area contributed by atoms with Gasteiger partial charge >= 0.3 is 0 Å². The maximum Gasteiger partial charge on any atom is 0.266 e. The lowest BCUT2D eigenvalue weighted by Gasteiger charge is -2.12. The summed E-state index contributed by atoms with van der Waals surface area (Å²) in [5.74, 6) is -0.0208. The number of benzene rings is 3. The molecule has 0 aliphatic heterocycles. The van der Waals surface area contributed by atoms with Crippen LogP contribution >= 0.6 is 39.1 Å². The van der Waals surface area contributed by atoms with Crippen molar-refractivity contribution in [3.63, 3.8) is 0 Å². The van der Waals surface area contributed by atoms with Gasteiger partial charge in [-0.15, -0.1) is 0 Å². The second-order valence-electron chi connectivity index (χ2n) is 6.60. The van der Waals surface area contributed by atoms with Crippen molar-refractivity contribution < 1.29 is 9.53 Å². The Morgan fingerprint density at radius 1 is 1.13 bits per heavy atom. The lowest BCUT2D eigenvalue weighted by atomic mass is 10.1. The van der Waals surface area contributed by atoms with E-state index in [1.807, 2.05) is 30.3 Å². The fourth-order valence-corrected chi connectivity index (χ4v) is 3.51. The second-order valence-corrected chi connectivity index (χ2v) is 8.33. The second kappa shape index (κ2) is 10.5. The van der Waals surface area contributed by atoms with Gasteiger partial charge in [-0.25, -0.2) is 0 Å². The molecule has 0 aliphatic carbocycles. The van der Waals surface area contributed by atoms with E-state index in [1.54, 1.807) is 43.3 Å². The Balaban J connectivity index is 1.87. The van der Waals surface area contributed by atoms with Crippen LogP contribution in [0.1, 0.15) is 16.7 Å². The fraction of sp³-hybridized carbons (Fsp3) is 0.0833. The molecule has 156 valence electrons. The van der Waals surface area contributed by atoms with Crippen LogP contribution in [0, 0.1) is 18.3 Å². The van der Waals surface area contributed by atoms with E-state index in [9.17, 15) is 10.1 Å². The van der Waals surface area contributed by atoms with Gasteiger partial charge in [0.1, 0.15) is 24.0 Å². The normalized spacial score (nSPS) is 11.0. The third kappa shape index (κ3) is 5.89. The lowest BCUT2D eigenvalue weighted by molar-refractivity contribution is -0.112. The molecule has 3 rings (SSSR count). The molecule has 7 heteroatoms. The molecule has 31 heavy (non-hydrogen) atoms. The summed E-state index contributed by atoms with van der Waals surface area (Å²) in [5, 5.41) is 13.5. The number of halogens is 3. The quantitative estimate of drug-likeness (QED) is 0.279. The SMILES string of the molecule is Cc1c(Cl)cccc1NC(=O)/C(C#N)=C\c1cc(Br)ccc1OCc1ccccc1Cl. The topological polar surface area (TPSA) is 62.1 Å². The van der Waals surface area contributed by atoms with E-state index >= 15 is 0 Å². The third-order valence-electron chi connectivity index (χ3n) is 4.49. The first-order valence-electron chi connectivity index (χ1n) is 9.23. The zero-order chi connectivity index (χ0) is 22.4. The number of carbonyl (C=O) groups excluding carboxylic acids is 1. The van der Waals surface area contributed by atoms with Crippen molar-refractivity contribution in [2.45, 2.75) is 13.5 Å². The number of ether oxygens (including phenoxy) is 1. The van der Waals surface area contributed by atoms with E-state index in [4.69, 9.17) is 27.9 Å². The van der Waals surface area contributed by atoms with Gasteiger partial charge in [-0.05, 0) is 55.0 Å². The predicted octanol–water partition coefficient (Wildman–Crippen LogP) is 7.19. The number of nitrogens with zero attached hydrogens (tertiary/aromatic N) is 1. The first-order valence-corrected chi connectivity index (χ1v) is 10.8. The summed E-state index contributed by atoms with van der Waals surface area (Å²) >= 11 is 15.7. The summed E-state index contributed by atoms with van der Waals surface area (Å²) < 4.78 is 6.71. The van der Waals surface area contributed by atoms with Crippen LogP contribution in [-0.4, -0.2) is 5.91 Å². The molecule has 0 fully saturated rings. The minimum absolute atomic E-state index is 0.0694. The average molecular weight is 516 g/mol. The Morgan fingerprint density at radius 3 is 2.61 bits per heavy atom. The van der Waals surface area contributed by atoms with E-state index in [0.717, 1.165) is 15.6 Å². The van der Waals surface area contributed by atoms with Crippen LogP contribution in [0.2, 0.25) is 10.0 Å². The molecule has 0 spiro atoms. The lowest BCUT2D eigenvalue weighted by Crippen LogP contribution is -2.14. The molecule has 3 aromatic carbocycles. The number of nitriles is 1. The Labute approximate surface area is 199 Å². The maximum atomic E-state index is 12.7. The molecular formula is C24H17BrCl2N2O2. The van der Waals surface area contributed by atoms with Crippen LogP contribution in [0.4, 0.5) is 5.69 Å². The van der Waals surface area contributed by atoms with Crippen molar-refractivity contribution in [1.29, 1.82) is 5.26 Å². The minimum atomic E-state index is -0.537. The van der Waals surface area contributed by atoms with E-state index in [-0.39, 0.29) is 12.2 Å². The number of hydrogen-bond donors (Lipinski definition) is 1. The number of anilines is 1. The van der Waals surface area contributed by atoms with E-state index in [0.29, 0.717) is 27.0 Å². The number of amides is 1. The molecule has 0 unspecified atom stereocenters. The third-order valence-corrected chi connectivity index (χ3v) is 5.77. The number of nitrogens with one attached hydrogen (secondary N) is 1. The summed E-state index contributed by atoms with van der Waals surface area (Å²) in [6.07, 6.45) is 1.49. The number of rotatable bonds is 6. The zero-order valence-electron chi connectivity index (χ0n) is 16.5. The van der Waals surface area contributed by atoms with Crippen molar-refractivity contribution in [2.75, 3.05) is 5.32 Å². The van der Waals surface area contributed by atoms with Crippen LogP contribution in [0.15, 0.2) is 70.7 Å². The molecule has 1 N–H and O–H groups in total. The van der Waals surface area contributed by atoms with E-state index in [2.05, 4.69) is 21.2 Å². The molecule has 0 radical (unpaired) electrons. The van der Waals surface area contributed by atoms with Gasteiger partial charge in [0.2, 0.25) is 0 Å². The van der Waals surface area contributed by atoms with Crippen LogP contribution in [-0.2, 0) is 11.4 Å². The van der Waals surface area contributed by atoms with Gasteiger partial charge in [0.05, 0.1) is 0 Å². The van der Waals surface area contributed by atoms with Crippen molar-refractivity contribution in [3.05, 3.63) is 97.4 Å². The van der Waals surface area contributed by atoms with Gasteiger partial charge in [0.15, 0.2) is 0 Å². The fourth-order valence-electron chi connectivity index (χ4n) is 2.77. The molecule has 0 bridgehead atoms. The first-order chi connectivity index (χ1) is 14.9. The van der Waals surface area contributed by atoms with Gasteiger partial charge in [0, 0.05) is 31.3 Å². The van der Waals surface area contributed by atoms with Gasteiger partial charge in [-0.2, -0.15) is 5.26 Å². The highest BCUT2D eigenvalue weighted by molar-refractivity contribution is 9.10. The molecule has 4 nitrogen and oxygen atoms in total. The minimum Gasteiger partial charge on any atom is -0.488 e. The van der Waals surface area contributed by atoms with Crippen molar-refractivity contribution in [1.82, 2.24) is 0 Å². The van der Waals surface area contributed by atoms with Crippen molar-refractivity contribution in [3.8, 4) is 11.8 Å². The number of hydrogen-bond acceptors (Lipinski definition) is 3. The first kappa shape index (κ1) is 22.9. The van der Waals surface area contributed by atoms with Gasteiger partial charge in [-0.3, -0.25) is 4.79 Å². The van der Waals surface area contributed by atoms with Gasteiger partial charge < -0.3 is 10.1 Å². The summed E-state index contributed by atoms with van der Waals surface area (Å²) in [5.41, 5.74) is 2.61. The highest BCUT2D eigenvalue weighted by atomic mass is 79.9. The van der Waals surface area contributed by atoms with Gasteiger partial charge in [-0.1, -0.05) is 63.4 Å².